The molecule has 1 heterocycles. The maximum Gasteiger partial charge on any atom is 0.242 e. The maximum absolute atomic E-state index is 12.5. The standard InChI is InChI=1S/C16H31N3O2/c1-3-6-13(10-11-17)8-9-15(20)19-12-5-4-7-14(19)16(21)18-2/h13-14H,3-12,17H2,1-2H3,(H,18,21). The lowest BCUT2D eigenvalue weighted by Crippen LogP contribution is -2.51. The highest BCUT2D eigenvalue weighted by atomic mass is 16.2. The first-order valence-electron chi connectivity index (χ1n) is 8.35. The van der Waals surface area contributed by atoms with E-state index in [4.69, 9.17) is 5.73 Å². The van der Waals surface area contributed by atoms with E-state index >= 15 is 0 Å². The lowest BCUT2D eigenvalue weighted by molar-refractivity contribution is -0.142. The summed E-state index contributed by atoms with van der Waals surface area (Å²) in [5.74, 6) is 0.628. The lowest BCUT2D eigenvalue weighted by Gasteiger charge is -2.34. The Balaban J connectivity index is 2.53. The summed E-state index contributed by atoms with van der Waals surface area (Å²) < 4.78 is 0. The Morgan fingerprint density at radius 3 is 2.67 bits per heavy atom. The second-order valence-corrected chi connectivity index (χ2v) is 5.98. The molecule has 2 unspecified atom stereocenters. The molecule has 1 aliphatic heterocycles. The molecular weight excluding hydrogens is 266 g/mol. The number of nitrogens with one attached hydrogen (secondary N) is 1. The zero-order valence-corrected chi connectivity index (χ0v) is 13.6. The molecule has 0 radical (unpaired) electrons. The first-order chi connectivity index (χ1) is 10.1. The quantitative estimate of drug-likeness (QED) is 0.715. The van der Waals surface area contributed by atoms with Gasteiger partial charge in [0.2, 0.25) is 11.8 Å². The minimum absolute atomic E-state index is 0.0323. The number of amides is 2. The van der Waals surface area contributed by atoms with Crippen molar-refractivity contribution in [2.24, 2.45) is 11.7 Å². The minimum Gasteiger partial charge on any atom is -0.357 e. The summed E-state index contributed by atoms with van der Waals surface area (Å²) in [5, 5.41) is 2.68. The maximum atomic E-state index is 12.5. The van der Waals surface area contributed by atoms with Crippen molar-refractivity contribution in [3.8, 4) is 0 Å². The van der Waals surface area contributed by atoms with Crippen LogP contribution in [0.1, 0.15) is 58.3 Å². The van der Waals surface area contributed by atoms with Gasteiger partial charge in [-0.3, -0.25) is 9.59 Å². The Morgan fingerprint density at radius 2 is 2.05 bits per heavy atom. The van der Waals surface area contributed by atoms with Gasteiger partial charge in [0.25, 0.3) is 0 Å². The number of carbonyl (C=O) groups is 2. The third-order valence-corrected chi connectivity index (χ3v) is 4.41. The van der Waals surface area contributed by atoms with E-state index in [2.05, 4.69) is 12.2 Å². The highest BCUT2D eigenvalue weighted by Gasteiger charge is 2.31. The Bertz CT molecular complexity index is 327. The molecule has 21 heavy (non-hydrogen) atoms. The molecule has 1 rings (SSSR count). The average Bonchev–Trinajstić information content (AvgIpc) is 2.52. The fourth-order valence-corrected chi connectivity index (χ4v) is 3.22. The number of hydrogen-bond donors (Lipinski definition) is 2. The van der Waals surface area contributed by atoms with E-state index in [0.29, 0.717) is 25.4 Å². The average molecular weight is 297 g/mol. The highest BCUT2D eigenvalue weighted by molar-refractivity contribution is 5.87. The number of rotatable bonds is 8. The minimum atomic E-state index is -0.268. The van der Waals surface area contributed by atoms with E-state index in [1.807, 2.05) is 0 Å². The molecule has 0 spiro atoms. The predicted octanol–water partition coefficient (Wildman–Crippen LogP) is 1.66. The number of carbonyl (C=O) groups excluding carboxylic acids is 2. The lowest BCUT2D eigenvalue weighted by atomic mass is 9.93. The van der Waals surface area contributed by atoms with Crippen molar-refractivity contribution in [1.82, 2.24) is 10.2 Å². The summed E-state index contributed by atoms with van der Waals surface area (Å²) in [6, 6.07) is -0.268. The molecular formula is C16H31N3O2. The van der Waals surface area contributed by atoms with Crippen LogP contribution in [0.15, 0.2) is 0 Å². The molecule has 2 amide bonds. The van der Waals surface area contributed by atoms with Crippen molar-refractivity contribution in [1.29, 1.82) is 0 Å². The molecule has 0 aromatic rings. The number of nitrogens with zero attached hydrogens (tertiary/aromatic N) is 1. The van der Waals surface area contributed by atoms with Gasteiger partial charge >= 0.3 is 0 Å². The van der Waals surface area contributed by atoms with Crippen LogP contribution in [0, 0.1) is 5.92 Å². The van der Waals surface area contributed by atoms with Gasteiger partial charge in [0.15, 0.2) is 0 Å². The molecule has 122 valence electrons. The van der Waals surface area contributed by atoms with Crippen LogP contribution in [0.25, 0.3) is 0 Å². The molecule has 0 bridgehead atoms. The summed E-state index contributed by atoms with van der Waals surface area (Å²) >= 11 is 0. The second-order valence-electron chi connectivity index (χ2n) is 5.98. The Labute approximate surface area is 128 Å². The van der Waals surface area contributed by atoms with E-state index in [0.717, 1.165) is 44.9 Å². The van der Waals surface area contributed by atoms with Gasteiger partial charge in [0, 0.05) is 20.0 Å². The summed E-state index contributed by atoms with van der Waals surface area (Å²) in [4.78, 5) is 26.1. The third-order valence-electron chi connectivity index (χ3n) is 4.41. The van der Waals surface area contributed by atoms with E-state index in [9.17, 15) is 9.59 Å². The third kappa shape index (κ3) is 5.65. The number of likely N-dealkylation sites (N-methyl/N-ethyl adjacent to an activating group) is 1. The zero-order valence-electron chi connectivity index (χ0n) is 13.6. The molecule has 5 heteroatoms. The number of likely N-dealkylation sites (tertiary alicyclic amines) is 1. The first kappa shape index (κ1) is 18.0. The van der Waals surface area contributed by atoms with Gasteiger partial charge in [-0.1, -0.05) is 19.8 Å². The molecule has 1 saturated heterocycles. The van der Waals surface area contributed by atoms with Crippen molar-refractivity contribution >= 4 is 11.8 Å². The smallest absolute Gasteiger partial charge is 0.242 e. The Kier molecular flexibility index (Phi) is 8.35. The van der Waals surface area contributed by atoms with Crippen molar-refractivity contribution in [3.05, 3.63) is 0 Å². The van der Waals surface area contributed by atoms with E-state index in [-0.39, 0.29) is 17.9 Å². The van der Waals surface area contributed by atoms with Gasteiger partial charge in [0.1, 0.15) is 6.04 Å². The monoisotopic (exact) mass is 297 g/mol. The normalized spacial score (nSPS) is 20.1. The van der Waals surface area contributed by atoms with Gasteiger partial charge in [0.05, 0.1) is 0 Å². The zero-order chi connectivity index (χ0) is 15.7. The second kappa shape index (κ2) is 9.77. The summed E-state index contributed by atoms with van der Waals surface area (Å²) in [5.41, 5.74) is 5.64. The van der Waals surface area contributed by atoms with Crippen LogP contribution in [0.4, 0.5) is 0 Å². The molecule has 3 N–H and O–H groups in total. The van der Waals surface area contributed by atoms with Crippen molar-refractivity contribution < 1.29 is 9.59 Å². The van der Waals surface area contributed by atoms with Gasteiger partial charge in [-0.05, 0) is 44.6 Å². The molecule has 0 aliphatic carbocycles. The van der Waals surface area contributed by atoms with Crippen LogP contribution in [0.3, 0.4) is 0 Å². The topological polar surface area (TPSA) is 75.4 Å². The number of hydrogen-bond acceptors (Lipinski definition) is 3. The van der Waals surface area contributed by atoms with Gasteiger partial charge < -0.3 is 16.0 Å². The van der Waals surface area contributed by atoms with Crippen LogP contribution in [0.2, 0.25) is 0 Å². The molecule has 1 fully saturated rings. The number of piperidine rings is 1. The summed E-state index contributed by atoms with van der Waals surface area (Å²) in [6.45, 7) is 3.56. The molecule has 0 aromatic carbocycles. The fourth-order valence-electron chi connectivity index (χ4n) is 3.22. The molecule has 0 saturated carbocycles. The van der Waals surface area contributed by atoms with Crippen LogP contribution in [-0.4, -0.2) is 42.9 Å². The Morgan fingerprint density at radius 1 is 1.29 bits per heavy atom. The molecule has 5 nitrogen and oxygen atoms in total. The van der Waals surface area contributed by atoms with Crippen molar-refractivity contribution in [3.63, 3.8) is 0 Å². The summed E-state index contributed by atoms with van der Waals surface area (Å²) in [6.07, 6.45) is 7.48. The number of nitrogens with two attached hydrogens (primary N) is 1. The predicted molar refractivity (Wildman–Crippen MR) is 84.7 cm³/mol. The first-order valence-corrected chi connectivity index (χ1v) is 8.35. The molecule has 0 aromatic heterocycles. The Hall–Kier alpha value is -1.10. The molecule has 2 atom stereocenters. The van der Waals surface area contributed by atoms with E-state index < -0.39 is 0 Å². The fraction of sp³-hybridized carbons (Fsp3) is 0.875. The van der Waals surface area contributed by atoms with Crippen LogP contribution in [-0.2, 0) is 9.59 Å². The van der Waals surface area contributed by atoms with Gasteiger partial charge in [-0.15, -0.1) is 0 Å². The summed E-state index contributed by atoms with van der Waals surface area (Å²) in [7, 11) is 1.64. The van der Waals surface area contributed by atoms with Crippen LogP contribution < -0.4 is 11.1 Å². The van der Waals surface area contributed by atoms with Crippen LogP contribution in [0.5, 0.6) is 0 Å². The van der Waals surface area contributed by atoms with Crippen molar-refractivity contribution in [2.75, 3.05) is 20.1 Å². The SMILES string of the molecule is CCCC(CCN)CCC(=O)N1CCCCC1C(=O)NC. The van der Waals surface area contributed by atoms with Gasteiger partial charge in [-0.25, -0.2) is 0 Å². The van der Waals surface area contributed by atoms with Crippen molar-refractivity contribution in [2.45, 2.75) is 64.3 Å². The highest BCUT2D eigenvalue weighted by Crippen LogP contribution is 2.22. The van der Waals surface area contributed by atoms with E-state index in [1.165, 1.54) is 0 Å². The van der Waals surface area contributed by atoms with Crippen LogP contribution >= 0.6 is 0 Å². The largest absolute Gasteiger partial charge is 0.357 e. The van der Waals surface area contributed by atoms with E-state index in [1.54, 1.807) is 11.9 Å². The molecule has 1 aliphatic rings. The van der Waals surface area contributed by atoms with Gasteiger partial charge in [-0.2, -0.15) is 0 Å².